The Labute approximate surface area is 124 Å². The summed E-state index contributed by atoms with van der Waals surface area (Å²) < 4.78 is 0.802. The number of amides is 1. The molecule has 0 bridgehead atoms. The molecule has 19 heavy (non-hydrogen) atoms. The van der Waals surface area contributed by atoms with E-state index < -0.39 is 0 Å². The van der Waals surface area contributed by atoms with Gasteiger partial charge in [0.15, 0.2) is 0 Å². The second-order valence-corrected chi connectivity index (χ2v) is 5.66. The molecule has 0 saturated heterocycles. The SMILES string of the molecule is CSc1ccc(C(=O)Nc2cc(N)ccc2Br)cc1. The first-order valence-electron chi connectivity index (χ1n) is 5.60. The van der Waals surface area contributed by atoms with Crippen LogP contribution in [0.4, 0.5) is 11.4 Å². The highest BCUT2D eigenvalue weighted by Crippen LogP contribution is 2.25. The first-order valence-corrected chi connectivity index (χ1v) is 7.62. The second-order valence-electron chi connectivity index (χ2n) is 3.92. The molecule has 98 valence electrons. The van der Waals surface area contributed by atoms with Crippen molar-refractivity contribution >= 4 is 45.0 Å². The van der Waals surface area contributed by atoms with E-state index in [9.17, 15) is 4.79 Å². The third-order valence-corrected chi connectivity index (χ3v) is 4.03. The fourth-order valence-electron chi connectivity index (χ4n) is 1.58. The Balaban J connectivity index is 2.18. The number of benzene rings is 2. The minimum atomic E-state index is -0.154. The van der Waals surface area contributed by atoms with Crippen molar-refractivity contribution in [2.24, 2.45) is 0 Å². The predicted octanol–water partition coefficient (Wildman–Crippen LogP) is 4.01. The van der Waals surface area contributed by atoms with E-state index in [0.717, 1.165) is 9.37 Å². The first-order chi connectivity index (χ1) is 9.10. The highest BCUT2D eigenvalue weighted by Gasteiger charge is 2.08. The Morgan fingerprint density at radius 3 is 2.53 bits per heavy atom. The summed E-state index contributed by atoms with van der Waals surface area (Å²) in [5, 5.41) is 2.83. The van der Waals surface area contributed by atoms with E-state index in [-0.39, 0.29) is 5.91 Å². The van der Waals surface area contributed by atoms with Gasteiger partial charge in [-0.3, -0.25) is 4.79 Å². The van der Waals surface area contributed by atoms with Gasteiger partial charge in [-0.2, -0.15) is 0 Å². The van der Waals surface area contributed by atoms with Crippen molar-refractivity contribution in [1.29, 1.82) is 0 Å². The number of carbonyl (C=O) groups excluding carboxylic acids is 1. The van der Waals surface area contributed by atoms with Crippen LogP contribution in [0.2, 0.25) is 0 Å². The van der Waals surface area contributed by atoms with Gasteiger partial charge in [0.2, 0.25) is 0 Å². The average Bonchev–Trinajstić information content (AvgIpc) is 2.43. The lowest BCUT2D eigenvalue weighted by Gasteiger charge is -2.08. The van der Waals surface area contributed by atoms with Crippen molar-refractivity contribution in [2.45, 2.75) is 4.90 Å². The van der Waals surface area contributed by atoms with Gasteiger partial charge < -0.3 is 11.1 Å². The van der Waals surface area contributed by atoms with Crippen LogP contribution in [0.3, 0.4) is 0 Å². The van der Waals surface area contributed by atoms with E-state index >= 15 is 0 Å². The van der Waals surface area contributed by atoms with Crippen molar-refractivity contribution in [3.8, 4) is 0 Å². The summed E-state index contributed by atoms with van der Waals surface area (Å²) >= 11 is 5.02. The molecule has 0 fully saturated rings. The van der Waals surface area contributed by atoms with Crippen molar-refractivity contribution in [3.63, 3.8) is 0 Å². The van der Waals surface area contributed by atoms with Crippen LogP contribution < -0.4 is 11.1 Å². The minimum Gasteiger partial charge on any atom is -0.399 e. The van der Waals surface area contributed by atoms with Gasteiger partial charge in [0, 0.05) is 20.6 Å². The molecule has 0 aromatic heterocycles. The predicted molar refractivity (Wildman–Crippen MR) is 84.7 cm³/mol. The highest BCUT2D eigenvalue weighted by atomic mass is 79.9. The summed E-state index contributed by atoms with van der Waals surface area (Å²) in [6.45, 7) is 0. The average molecular weight is 337 g/mol. The molecule has 0 unspecified atom stereocenters. The first kappa shape index (κ1) is 14.0. The lowest BCUT2D eigenvalue weighted by molar-refractivity contribution is 0.102. The molecule has 2 aromatic carbocycles. The van der Waals surface area contributed by atoms with Crippen molar-refractivity contribution < 1.29 is 4.79 Å². The standard InChI is InChI=1S/C14H13BrN2OS/c1-19-11-5-2-9(3-6-11)14(18)17-13-8-10(16)4-7-12(13)15/h2-8H,16H2,1H3,(H,17,18). The Morgan fingerprint density at radius 2 is 1.89 bits per heavy atom. The van der Waals surface area contributed by atoms with Crippen LogP contribution in [0, 0.1) is 0 Å². The van der Waals surface area contributed by atoms with Crippen LogP contribution in [0.15, 0.2) is 51.8 Å². The highest BCUT2D eigenvalue weighted by molar-refractivity contribution is 9.10. The van der Waals surface area contributed by atoms with Crippen LogP contribution in [-0.2, 0) is 0 Å². The fraction of sp³-hybridized carbons (Fsp3) is 0.0714. The molecule has 1 amide bonds. The molecule has 3 N–H and O–H groups in total. The van der Waals surface area contributed by atoms with E-state index in [0.29, 0.717) is 16.9 Å². The number of nitrogens with two attached hydrogens (primary N) is 1. The monoisotopic (exact) mass is 336 g/mol. The number of nitrogens with one attached hydrogen (secondary N) is 1. The van der Waals surface area contributed by atoms with Gasteiger partial charge in [-0.25, -0.2) is 0 Å². The summed E-state index contributed by atoms with van der Waals surface area (Å²) in [6.07, 6.45) is 2.00. The molecule has 0 heterocycles. The number of rotatable bonds is 3. The summed E-state index contributed by atoms with van der Waals surface area (Å²) in [7, 11) is 0. The smallest absolute Gasteiger partial charge is 0.255 e. The number of nitrogen functional groups attached to an aromatic ring is 1. The zero-order valence-electron chi connectivity index (χ0n) is 10.3. The molecule has 0 radical (unpaired) electrons. The topological polar surface area (TPSA) is 55.1 Å². The molecule has 3 nitrogen and oxygen atoms in total. The van der Waals surface area contributed by atoms with Crippen molar-refractivity contribution in [1.82, 2.24) is 0 Å². The second kappa shape index (κ2) is 6.12. The molecule has 0 saturated carbocycles. The molecular weight excluding hydrogens is 324 g/mol. The van der Waals surface area contributed by atoms with Crippen LogP contribution in [0.25, 0.3) is 0 Å². The Kier molecular flexibility index (Phi) is 4.50. The molecule has 0 atom stereocenters. The number of anilines is 2. The van der Waals surface area contributed by atoms with E-state index in [1.165, 1.54) is 0 Å². The summed E-state index contributed by atoms with van der Waals surface area (Å²) in [6, 6.07) is 12.8. The Morgan fingerprint density at radius 1 is 1.21 bits per heavy atom. The molecule has 0 aliphatic rings. The fourth-order valence-corrected chi connectivity index (χ4v) is 2.33. The van der Waals surface area contributed by atoms with E-state index in [1.54, 1.807) is 36.0 Å². The number of thioether (sulfide) groups is 1. The number of halogens is 1. The van der Waals surface area contributed by atoms with Crippen LogP contribution >= 0.6 is 27.7 Å². The zero-order chi connectivity index (χ0) is 13.8. The normalized spacial score (nSPS) is 10.2. The molecule has 2 rings (SSSR count). The van der Waals surface area contributed by atoms with Gasteiger partial charge in [0.05, 0.1) is 5.69 Å². The van der Waals surface area contributed by atoms with Gasteiger partial charge >= 0.3 is 0 Å². The zero-order valence-corrected chi connectivity index (χ0v) is 12.7. The molecule has 0 spiro atoms. The van der Waals surface area contributed by atoms with Crippen molar-refractivity contribution in [2.75, 3.05) is 17.3 Å². The molecule has 2 aromatic rings. The molecular formula is C14H13BrN2OS. The number of hydrogen-bond donors (Lipinski definition) is 2. The van der Waals surface area contributed by atoms with Gasteiger partial charge in [0.25, 0.3) is 5.91 Å². The van der Waals surface area contributed by atoms with E-state index in [4.69, 9.17) is 5.73 Å². The summed E-state index contributed by atoms with van der Waals surface area (Å²) in [5.74, 6) is -0.154. The number of carbonyl (C=O) groups is 1. The van der Waals surface area contributed by atoms with Gasteiger partial charge in [-0.05, 0) is 64.7 Å². The molecule has 5 heteroatoms. The maximum absolute atomic E-state index is 12.1. The van der Waals surface area contributed by atoms with Crippen LogP contribution in [-0.4, -0.2) is 12.2 Å². The largest absolute Gasteiger partial charge is 0.399 e. The van der Waals surface area contributed by atoms with Gasteiger partial charge in [-0.15, -0.1) is 11.8 Å². The van der Waals surface area contributed by atoms with Gasteiger partial charge in [-0.1, -0.05) is 0 Å². The third kappa shape index (κ3) is 3.52. The number of hydrogen-bond acceptors (Lipinski definition) is 3. The lowest BCUT2D eigenvalue weighted by Crippen LogP contribution is -2.12. The van der Waals surface area contributed by atoms with Crippen LogP contribution in [0.5, 0.6) is 0 Å². The van der Waals surface area contributed by atoms with E-state index in [2.05, 4.69) is 21.2 Å². The molecule has 0 aliphatic carbocycles. The maximum Gasteiger partial charge on any atom is 0.255 e. The molecule has 0 aliphatic heterocycles. The van der Waals surface area contributed by atoms with Gasteiger partial charge in [0.1, 0.15) is 0 Å². The summed E-state index contributed by atoms with van der Waals surface area (Å²) in [5.41, 5.74) is 7.60. The van der Waals surface area contributed by atoms with Crippen LogP contribution in [0.1, 0.15) is 10.4 Å². The Bertz CT molecular complexity index is 599. The third-order valence-electron chi connectivity index (χ3n) is 2.59. The minimum absolute atomic E-state index is 0.154. The van der Waals surface area contributed by atoms with Crippen molar-refractivity contribution in [3.05, 3.63) is 52.5 Å². The maximum atomic E-state index is 12.1. The Hall–Kier alpha value is -1.46. The van der Waals surface area contributed by atoms with E-state index in [1.807, 2.05) is 24.5 Å². The quantitative estimate of drug-likeness (QED) is 0.657. The lowest BCUT2D eigenvalue weighted by atomic mass is 10.2. The summed E-state index contributed by atoms with van der Waals surface area (Å²) in [4.78, 5) is 13.2.